The van der Waals surface area contributed by atoms with Crippen molar-refractivity contribution < 1.29 is 9.53 Å². The van der Waals surface area contributed by atoms with Gasteiger partial charge in [0.05, 0.1) is 7.11 Å². The lowest BCUT2D eigenvalue weighted by molar-refractivity contribution is 0.187. The first-order chi connectivity index (χ1) is 11.6. The largest absolute Gasteiger partial charge is 0.453 e. The molecule has 0 aromatic heterocycles. The van der Waals surface area contributed by atoms with Gasteiger partial charge in [0.15, 0.2) is 5.96 Å². The normalized spacial score (nSPS) is 20.5. The third kappa shape index (κ3) is 5.63. The maximum atomic E-state index is 11.2. The third-order valence-electron chi connectivity index (χ3n) is 4.13. The summed E-state index contributed by atoms with van der Waals surface area (Å²) in [4.78, 5) is 15.5. The van der Waals surface area contributed by atoms with Crippen molar-refractivity contribution in [3.63, 3.8) is 0 Å². The van der Waals surface area contributed by atoms with Gasteiger partial charge in [0.2, 0.25) is 0 Å². The fourth-order valence-electron chi connectivity index (χ4n) is 2.73. The highest BCUT2D eigenvalue weighted by Gasteiger charge is 2.24. The van der Waals surface area contributed by atoms with Crippen LogP contribution in [0.3, 0.4) is 0 Å². The Balaban J connectivity index is 1.79. The number of carbonyl (C=O) groups is 1. The average Bonchev–Trinajstić information content (AvgIpc) is 3.07. The molecule has 1 amide bonds. The highest BCUT2D eigenvalue weighted by Crippen LogP contribution is 2.28. The molecule has 0 saturated heterocycles. The lowest BCUT2D eigenvalue weighted by Gasteiger charge is -2.17. The van der Waals surface area contributed by atoms with Gasteiger partial charge in [0.25, 0.3) is 0 Å². The molecule has 0 heterocycles. The van der Waals surface area contributed by atoms with Gasteiger partial charge in [0.1, 0.15) is 0 Å². The number of ether oxygens (including phenoxy) is 1. The van der Waals surface area contributed by atoms with E-state index >= 15 is 0 Å². The summed E-state index contributed by atoms with van der Waals surface area (Å²) in [6, 6.07) is 8.13. The molecule has 1 aliphatic rings. The number of nitrogens with zero attached hydrogens (tertiary/aromatic N) is 1. The molecule has 1 aromatic carbocycles. The van der Waals surface area contributed by atoms with Crippen LogP contribution in [0.5, 0.6) is 0 Å². The molecule has 6 nitrogen and oxygen atoms in total. The number of anilines is 1. The second-order valence-electron chi connectivity index (χ2n) is 5.75. The van der Waals surface area contributed by atoms with Crippen molar-refractivity contribution in [3.05, 3.63) is 29.8 Å². The van der Waals surface area contributed by atoms with Crippen LogP contribution in [0.4, 0.5) is 10.5 Å². The lowest BCUT2D eigenvalue weighted by Crippen LogP contribution is -2.42. The van der Waals surface area contributed by atoms with E-state index in [1.165, 1.54) is 26.4 Å². The Morgan fingerprint density at radius 1 is 1.33 bits per heavy atom. The van der Waals surface area contributed by atoms with Gasteiger partial charge in [-0.25, -0.2) is 4.79 Å². The van der Waals surface area contributed by atoms with E-state index in [1.807, 2.05) is 36.0 Å². The summed E-state index contributed by atoms with van der Waals surface area (Å²) in [7, 11) is 3.14. The van der Waals surface area contributed by atoms with Crippen LogP contribution < -0.4 is 16.0 Å². The predicted octanol–water partition coefficient (Wildman–Crippen LogP) is 2.81. The number of amides is 1. The number of hydrogen-bond acceptors (Lipinski definition) is 4. The van der Waals surface area contributed by atoms with Crippen molar-refractivity contribution in [1.82, 2.24) is 10.6 Å². The van der Waals surface area contributed by atoms with E-state index in [0.717, 1.165) is 16.8 Å². The summed E-state index contributed by atoms with van der Waals surface area (Å²) in [6.07, 6.45) is 5.37. The molecule has 1 aromatic rings. The van der Waals surface area contributed by atoms with Crippen LogP contribution in [0, 0.1) is 0 Å². The SMILES string of the molecule is CN=C(NCc1ccc(NC(=O)OC)cc1)NC1CCC(SC)C1. The molecule has 1 saturated carbocycles. The van der Waals surface area contributed by atoms with E-state index in [2.05, 4.69) is 31.9 Å². The fourth-order valence-corrected chi connectivity index (χ4v) is 3.53. The number of nitrogens with one attached hydrogen (secondary N) is 3. The van der Waals surface area contributed by atoms with Crippen LogP contribution in [0.2, 0.25) is 0 Å². The highest BCUT2D eigenvalue weighted by atomic mass is 32.2. The Kier molecular flexibility index (Phi) is 7.24. The van der Waals surface area contributed by atoms with Gasteiger partial charge in [-0.15, -0.1) is 0 Å². The minimum atomic E-state index is -0.467. The summed E-state index contributed by atoms with van der Waals surface area (Å²) < 4.78 is 4.57. The average molecular weight is 350 g/mol. The molecular weight excluding hydrogens is 324 g/mol. The number of guanidine groups is 1. The number of thioether (sulfide) groups is 1. The van der Waals surface area contributed by atoms with Gasteiger partial charge in [-0.05, 0) is 43.2 Å². The van der Waals surface area contributed by atoms with E-state index < -0.39 is 6.09 Å². The van der Waals surface area contributed by atoms with Crippen molar-refractivity contribution in [2.45, 2.75) is 37.1 Å². The first-order valence-corrected chi connectivity index (χ1v) is 9.37. The fraction of sp³-hybridized carbons (Fsp3) is 0.529. The standard InChI is InChI=1S/C17H26N4O2S/c1-18-16(20-14-8-9-15(10-14)24-3)19-11-12-4-6-13(7-5-12)21-17(22)23-2/h4-7,14-15H,8-11H2,1-3H3,(H,21,22)(H2,18,19,20). The Morgan fingerprint density at radius 3 is 2.67 bits per heavy atom. The highest BCUT2D eigenvalue weighted by molar-refractivity contribution is 7.99. The summed E-state index contributed by atoms with van der Waals surface area (Å²) in [5, 5.41) is 10.2. The Bertz CT molecular complexity index is 562. The van der Waals surface area contributed by atoms with Crippen molar-refractivity contribution in [2.24, 2.45) is 4.99 Å². The molecule has 0 aliphatic heterocycles. The molecule has 0 spiro atoms. The minimum Gasteiger partial charge on any atom is -0.453 e. The van der Waals surface area contributed by atoms with Gasteiger partial charge < -0.3 is 15.4 Å². The molecule has 2 atom stereocenters. The van der Waals surface area contributed by atoms with E-state index in [4.69, 9.17) is 0 Å². The number of rotatable bonds is 5. The third-order valence-corrected chi connectivity index (χ3v) is 5.22. The predicted molar refractivity (Wildman–Crippen MR) is 101 cm³/mol. The lowest BCUT2D eigenvalue weighted by atomic mass is 10.2. The van der Waals surface area contributed by atoms with E-state index in [1.54, 1.807) is 7.05 Å². The maximum Gasteiger partial charge on any atom is 0.411 e. The number of carbonyl (C=O) groups excluding carboxylic acids is 1. The van der Waals surface area contributed by atoms with Crippen LogP contribution in [-0.4, -0.2) is 43.8 Å². The maximum absolute atomic E-state index is 11.2. The molecule has 1 fully saturated rings. The van der Waals surface area contributed by atoms with Crippen molar-refractivity contribution in [3.8, 4) is 0 Å². The Hall–Kier alpha value is -1.89. The van der Waals surface area contributed by atoms with Gasteiger partial charge in [-0.2, -0.15) is 11.8 Å². The molecule has 0 radical (unpaired) electrons. The second kappa shape index (κ2) is 9.42. The molecule has 3 N–H and O–H groups in total. The van der Waals surface area contributed by atoms with Crippen LogP contribution in [-0.2, 0) is 11.3 Å². The summed E-state index contributed by atoms with van der Waals surface area (Å²) >= 11 is 1.95. The smallest absolute Gasteiger partial charge is 0.411 e. The van der Waals surface area contributed by atoms with Gasteiger partial charge in [-0.3, -0.25) is 10.3 Å². The van der Waals surface area contributed by atoms with E-state index in [9.17, 15) is 4.79 Å². The summed E-state index contributed by atoms with van der Waals surface area (Å²) in [5.74, 6) is 0.832. The van der Waals surface area contributed by atoms with Gasteiger partial charge in [-0.1, -0.05) is 12.1 Å². The molecule has 2 rings (SSSR count). The van der Waals surface area contributed by atoms with E-state index in [0.29, 0.717) is 18.3 Å². The van der Waals surface area contributed by atoms with Crippen molar-refractivity contribution in [1.29, 1.82) is 0 Å². The Labute approximate surface area is 147 Å². The van der Waals surface area contributed by atoms with E-state index in [-0.39, 0.29) is 0 Å². The van der Waals surface area contributed by atoms with Crippen molar-refractivity contribution >= 4 is 29.5 Å². The molecule has 2 unspecified atom stereocenters. The molecule has 7 heteroatoms. The second-order valence-corrected chi connectivity index (χ2v) is 6.89. The number of methoxy groups -OCH3 is 1. The Morgan fingerprint density at radius 2 is 2.08 bits per heavy atom. The van der Waals surface area contributed by atoms with Crippen LogP contribution >= 0.6 is 11.8 Å². The molecule has 132 valence electrons. The van der Waals surface area contributed by atoms with Gasteiger partial charge in [0, 0.05) is 30.6 Å². The zero-order valence-corrected chi connectivity index (χ0v) is 15.3. The number of benzene rings is 1. The molecule has 24 heavy (non-hydrogen) atoms. The summed E-state index contributed by atoms with van der Waals surface area (Å²) in [6.45, 7) is 0.677. The van der Waals surface area contributed by atoms with Crippen LogP contribution in [0.1, 0.15) is 24.8 Å². The number of hydrogen-bond donors (Lipinski definition) is 3. The zero-order valence-electron chi connectivity index (χ0n) is 14.5. The molecule has 0 bridgehead atoms. The monoisotopic (exact) mass is 350 g/mol. The minimum absolute atomic E-state index is 0.467. The number of aliphatic imine (C=N–C) groups is 1. The van der Waals surface area contributed by atoms with Gasteiger partial charge >= 0.3 is 6.09 Å². The van der Waals surface area contributed by atoms with Crippen LogP contribution in [0.15, 0.2) is 29.3 Å². The van der Waals surface area contributed by atoms with Crippen molar-refractivity contribution in [2.75, 3.05) is 25.7 Å². The first-order valence-electron chi connectivity index (χ1n) is 8.08. The van der Waals surface area contributed by atoms with Crippen LogP contribution in [0.25, 0.3) is 0 Å². The zero-order chi connectivity index (χ0) is 17.4. The topological polar surface area (TPSA) is 74.8 Å². The molecule has 1 aliphatic carbocycles. The first kappa shape index (κ1) is 18.4. The quantitative estimate of drug-likeness (QED) is 0.562. The molecular formula is C17H26N4O2S. The summed E-state index contributed by atoms with van der Waals surface area (Å²) in [5.41, 5.74) is 1.82.